The predicted octanol–water partition coefficient (Wildman–Crippen LogP) is 8.96. The van der Waals surface area contributed by atoms with Gasteiger partial charge in [0.15, 0.2) is 0 Å². The van der Waals surface area contributed by atoms with Gasteiger partial charge in [-0.05, 0) is 72.8 Å². The van der Waals surface area contributed by atoms with Gasteiger partial charge in [0.05, 0.1) is 27.9 Å². The maximum absolute atomic E-state index is 5.35. The molecular formula is C36H25N5. The molecule has 194 valence electrons. The number of imidazole rings is 2. The number of fused-ring (bicyclic) bond motifs is 5. The molecule has 3 heterocycles. The van der Waals surface area contributed by atoms with Gasteiger partial charge in [0.2, 0.25) is 5.78 Å². The SMILES string of the molecule is c1ccc(N(c2cccc(-c3ccccn3)c2)c2cccc3c2nc2n(-c4ccccc4)c4ccccc4n32)cc1. The molecule has 0 amide bonds. The summed E-state index contributed by atoms with van der Waals surface area (Å²) in [5.41, 5.74) is 10.4. The molecule has 0 radical (unpaired) electrons. The molecule has 8 aromatic rings. The Hall–Kier alpha value is -5.68. The number of para-hydroxylation sites is 5. The molecule has 0 saturated heterocycles. The third-order valence-electron chi connectivity index (χ3n) is 7.54. The Morgan fingerprint density at radius 3 is 2.02 bits per heavy atom. The number of rotatable bonds is 5. The summed E-state index contributed by atoms with van der Waals surface area (Å²) in [5.74, 6) is 0.884. The van der Waals surface area contributed by atoms with Crippen molar-refractivity contribution in [2.75, 3.05) is 4.90 Å². The number of nitrogens with zero attached hydrogens (tertiary/aromatic N) is 5. The van der Waals surface area contributed by atoms with Crippen molar-refractivity contribution in [1.29, 1.82) is 0 Å². The first-order valence-electron chi connectivity index (χ1n) is 13.7. The molecule has 0 bridgehead atoms. The van der Waals surface area contributed by atoms with Crippen molar-refractivity contribution >= 4 is 44.9 Å². The zero-order valence-electron chi connectivity index (χ0n) is 22.2. The highest BCUT2D eigenvalue weighted by Crippen LogP contribution is 2.41. The second-order valence-electron chi connectivity index (χ2n) is 9.99. The Morgan fingerprint density at radius 1 is 0.537 bits per heavy atom. The molecule has 0 fully saturated rings. The highest BCUT2D eigenvalue weighted by Gasteiger charge is 2.22. The van der Waals surface area contributed by atoms with E-state index in [1.165, 1.54) is 0 Å². The fraction of sp³-hybridized carbons (Fsp3) is 0. The highest BCUT2D eigenvalue weighted by atomic mass is 15.2. The zero-order chi connectivity index (χ0) is 27.2. The van der Waals surface area contributed by atoms with Crippen molar-refractivity contribution in [3.8, 4) is 16.9 Å². The van der Waals surface area contributed by atoms with Crippen LogP contribution in [0.2, 0.25) is 0 Å². The van der Waals surface area contributed by atoms with Crippen LogP contribution < -0.4 is 4.90 Å². The van der Waals surface area contributed by atoms with E-state index in [4.69, 9.17) is 4.98 Å². The van der Waals surface area contributed by atoms with Crippen molar-refractivity contribution in [3.63, 3.8) is 0 Å². The number of pyridine rings is 1. The molecule has 0 saturated carbocycles. The summed E-state index contributed by atoms with van der Waals surface area (Å²) >= 11 is 0. The first-order chi connectivity index (χ1) is 20.4. The molecule has 0 aliphatic carbocycles. The predicted molar refractivity (Wildman–Crippen MR) is 167 cm³/mol. The van der Waals surface area contributed by atoms with E-state index >= 15 is 0 Å². The Kier molecular flexibility index (Phi) is 5.38. The maximum Gasteiger partial charge on any atom is 0.220 e. The fourth-order valence-electron chi connectivity index (χ4n) is 5.76. The third kappa shape index (κ3) is 3.79. The minimum absolute atomic E-state index is 0.884. The topological polar surface area (TPSA) is 38.4 Å². The number of aromatic nitrogens is 4. The summed E-state index contributed by atoms with van der Waals surface area (Å²) < 4.78 is 4.52. The summed E-state index contributed by atoms with van der Waals surface area (Å²) in [7, 11) is 0. The molecule has 0 N–H and O–H groups in total. The molecule has 0 aliphatic rings. The number of hydrogen-bond donors (Lipinski definition) is 0. The Labute approximate surface area is 237 Å². The van der Waals surface area contributed by atoms with E-state index in [1.807, 2.05) is 36.5 Å². The van der Waals surface area contributed by atoms with Gasteiger partial charge in [0, 0.05) is 28.8 Å². The highest BCUT2D eigenvalue weighted by molar-refractivity contribution is 6.00. The van der Waals surface area contributed by atoms with E-state index in [1.54, 1.807) is 0 Å². The minimum atomic E-state index is 0.884. The van der Waals surface area contributed by atoms with Gasteiger partial charge in [-0.2, -0.15) is 0 Å². The fourth-order valence-corrected chi connectivity index (χ4v) is 5.76. The van der Waals surface area contributed by atoms with Crippen molar-refractivity contribution in [3.05, 3.63) is 152 Å². The van der Waals surface area contributed by atoms with Gasteiger partial charge in [-0.15, -0.1) is 0 Å². The van der Waals surface area contributed by atoms with E-state index < -0.39 is 0 Å². The quantitative estimate of drug-likeness (QED) is 0.224. The van der Waals surface area contributed by atoms with Crippen molar-refractivity contribution in [2.45, 2.75) is 0 Å². The van der Waals surface area contributed by atoms with Gasteiger partial charge in [0.1, 0.15) is 5.52 Å². The molecule has 0 aliphatic heterocycles. The van der Waals surface area contributed by atoms with E-state index in [2.05, 4.69) is 134 Å². The van der Waals surface area contributed by atoms with Gasteiger partial charge in [-0.3, -0.25) is 14.0 Å². The minimum Gasteiger partial charge on any atom is -0.308 e. The van der Waals surface area contributed by atoms with Crippen LogP contribution in [-0.2, 0) is 0 Å². The maximum atomic E-state index is 5.35. The summed E-state index contributed by atoms with van der Waals surface area (Å²) in [6.07, 6.45) is 1.83. The Balaban J connectivity index is 1.41. The smallest absolute Gasteiger partial charge is 0.220 e. The molecule has 41 heavy (non-hydrogen) atoms. The lowest BCUT2D eigenvalue weighted by atomic mass is 10.1. The van der Waals surface area contributed by atoms with Crippen LogP contribution in [0.1, 0.15) is 0 Å². The first-order valence-corrected chi connectivity index (χ1v) is 13.7. The molecule has 5 heteroatoms. The molecular weight excluding hydrogens is 502 g/mol. The van der Waals surface area contributed by atoms with Crippen LogP contribution in [0.25, 0.3) is 44.8 Å². The van der Waals surface area contributed by atoms with E-state index in [9.17, 15) is 0 Å². The van der Waals surface area contributed by atoms with Gasteiger partial charge < -0.3 is 4.90 Å². The average molecular weight is 528 g/mol. The Bertz CT molecular complexity index is 2150. The van der Waals surface area contributed by atoms with Crippen LogP contribution in [-0.4, -0.2) is 18.9 Å². The first kappa shape index (κ1) is 23.2. The van der Waals surface area contributed by atoms with Crippen molar-refractivity contribution in [2.24, 2.45) is 0 Å². The zero-order valence-corrected chi connectivity index (χ0v) is 22.2. The third-order valence-corrected chi connectivity index (χ3v) is 7.54. The Morgan fingerprint density at radius 2 is 1.22 bits per heavy atom. The number of benzene rings is 5. The van der Waals surface area contributed by atoms with Crippen LogP contribution in [0, 0.1) is 0 Å². The van der Waals surface area contributed by atoms with E-state index in [-0.39, 0.29) is 0 Å². The molecule has 5 nitrogen and oxygen atoms in total. The number of anilines is 3. The molecule has 0 spiro atoms. The summed E-state index contributed by atoms with van der Waals surface area (Å²) in [6, 6.07) is 50.4. The van der Waals surface area contributed by atoms with E-state index in [0.29, 0.717) is 0 Å². The standard InChI is InChI=1S/C36H25N5/c1-3-14-27(15-4-1)39(29-18-11-13-26(25-29)30-19-9-10-24-37-30)33-22-12-23-34-35(33)38-36-40(28-16-5-2-6-17-28)31-20-7-8-21-32(31)41(34)36/h1-25H. The second kappa shape index (κ2) is 9.50. The molecule has 0 atom stereocenters. The molecule has 5 aromatic carbocycles. The normalized spacial score (nSPS) is 11.4. The summed E-state index contributed by atoms with van der Waals surface area (Å²) in [6.45, 7) is 0. The van der Waals surface area contributed by atoms with Crippen LogP contribution in [0.15, 0.2) is 152 Å². The lowest BCUT2D eigenvalue weighted by Gasteiger charge is -2.26. The molecule has 3 aromatic heterocycles. The average Bonchev–Trinajstić information content (AvgIpc) is 3.58. The van der Waals surface area contributed by atoms with Crippen LogP contribution in [0.3, 0.4) is 0 Å². The largest absolute Gasteiger partial charge is 0.308 e. The lowest BCUT2D eigenvalue weighted by Crippen LogP contribution is -2.10. The van der Waals surface area contributed by atoms with Crippen LogP contribution in [0.5, 0.6) is 0 Å². The van der Waals surface area contributed by atoms with Crippen molar-refractivity contribution < 1.29 is 0 Å². The summed E-state index contributed by atoms with van der Waals surface area (Å²) in [4.78, 5) is 12.2. The molecule has 8 rings (SSSR count). The van der Waals surface area contributed by atoms with Crippen molar-refractivity contribution in [1.82, 2.24) is 18.9 Å². The van der Waals surface area contributed by atoms with Gasteiger partial charge in [-0.1, -0.05) is 72.8 Å². The summed E-state index contributed by atoms with van der Waals surface area (Å²) in [5, 5.41) is 0. The van der Waals surface area contributed by atoms with Crippen LogP contribution in [0.4, 0.5) is 17.1 Å². The second-order valence-corrected chi connectivity index (χ2v) is 9.99. The lowest BCUT2D eigenvalue weighted by molar-refractivity contribution is 1.11. The van der Waals surface area contributed by atoms with Gasteiger partial charge in [0.25, 0.3) is 0 Å². The number of hydrogen-bond acceptors (Lipinski definition) is 3. The van der Waals surface area contributed by atoms with Gasteiger partial charge in [-0.25, -0.2) is 4.98 Å². The van der Waals surface area contributed by atoms with Crippen LogP contribution >= 0.6 is 0 Å². The molecule has 0 unspecified atom stereocenters. The monoisotopic (exact) mass is 527 g/mol. The van der Waals surface area contributed by atoms with E-state index in [0.717, 1.165) is 61.9 Å². The van der Waals surface area contributed by atoms with Gasteiger partial charge >= 0.3 is 0 Å².